The van der Waals surface area contributed by atoms with Crippen molar-refractivity contribution in [2.75, 3.05) is 0 Å². The molecule has 0 amide bonds. The number of fused-ring (bicyclic) bond motifs is 4. The summed E-state index contributed by atoms with van der Waals surface area (Å²) in [6, 6.07) is 19.3. The van der Waals surface area contributed by atoms with Crippen LogP contribution < -0.4 is 0 Å². The Morgan fingerprint density at radius 1 is 0.762 bits per heavy atom. The Kier molecular flexibility index (Phi) is 2.44. The first-order valence-electron chi connectivity index (χ1n) is 7.38. The van der Waals surface area contributed by atoms with Gasteiger partial charge in [-0.2, -0.15) is 0 Å². The standard InChI is InChI=1S/C20H18O/c1-20(2,3)17-10-6-9-15-16-11-13-7-4-5-8-14(13)12-18(16)21-19(15)17/h4-12H,1-3H3. The average Bonchev–Trinajstić information content (AvgIpc) is 2.81. The van der Waals surface area contributed by atoms with Crippen molar-refractivity contribution in [3.05, 3.63) is 60.2 Å². The molecule has 21 heavy (non-hydrogen) atoms. The van der Waals surface area contributed by atoms with Gasteiger partial charge in [0.25, 0.3) is 0 Å². The Hall–Kier alpha value is -2.28. The van der Waals surface area contributed by atoms with E-state index in [4.69, 9.17) is 4.42 Å². The van der Waals surface area contributed by atoms with Crippen molar-refractivity contribution in [2.45, 2.75) is 26.2 Å². The van der Waals surface area contributed by atoms with Crippen molar-refractivity contribution in [3.8, 4) is 0 Å². The predicted molar refractivity (Wildman–Crippen MR) is 89.9 cm³/mol. The molecule has 0 saturated heterocycles. The molecule has 1 heteroatoms. The van der Waals surface area contributed by atoms with Crippen LogP contribution in [-0.4, -0.2) is 0 Å². The van der Waals surface area contributed by atoms with E-state index in [2.05, 4.69) is 75.4 Å². The maximum Gasteiger partial charge on any atom is 0.139 e. The fraction of sp³-hybridized carbons (Fsp3) is 0.200. The Labute approximate surface area is 124 Å². The topological polar surface area (TPSA) is 13.1 Å². The second-order valence-electron chi connectivity index (χ2n) is 6.73. The van der Waals surface area contributed by atoms with Crippen LogP contribution in [0.25, 0.3) is 32.7 Å². The molecule has 0 spiro atoms. The minimum absolute atomic E-state index is 0.0762. The summed E-state index contributed by atoms with van der Waals surface area (Å²) >= 11 is 0. The van der Waals surface area contributed by atoms with Crippen LogP contribution in [0.5, 0.6) is 0 Å². The number of furan rings is 1. The third kappa shape index (κ3) is 1.84. The molecule has 1 heterocycles. The van der Waals surface area contributed by atoms with Gasteiger partial charge in [-0.05, 0) is 28.3 Å². The molecule has 0 radical (unpaired) electrons. The SMILES string of the molecule is CC(C)(C)c1cccc2c1oc1cc3ccccc3cc12. The zero-order chi connectivity index (χ0) is 14.6. The van der Waals surface area contributed by atoms with Gasteiger partial charge in [0.2, 0.25) is 0 Å². The largest absolute Gasteiger partial charge is 0.456 e. The van der Waals surface area contributed by atoms with Crippen molar-refractivity contribution in [1.29, 1.82) is 0 Å². The quantitative estimate of drug-likeness (QED) is 0.381. The van der Waals surface area contributed by atoms with Crippen LogP contribution in [0.1, 0.15) is 26.3 Å². The van der Waals surface area contributed by atoms with Gasteiger partial charge in [-0.1, -0.05) is 63.2 Å². The maximum atomic E-state index is 6.22. The summed E-state index contributed by atoms with van der Waals surface area (Å²) in [4.78, 5) is 0. The molecule has 4 aromatic rings. The number of benzene rings is 3. The van der Waals surface area contributed by atoms with E-state index >= 15 is 0 Å². The van der Waals surface area contributed by atoms with Crippen molar-refractivity contribution in [1.82, 2.24) is 0 Å². The van der Waals surface area contributed by atoms with Crippen LogP contribution in [0.15, 0.2) is 59.0 Å². The lowest BCUT2D eigenvalue weighted by atomic mass is 9.86. The monoisotopic (exact) mass is 274 g/mol. The second-order valence-corrected chi connectivity index (χ2v) is 6.73. The van der Waals surface area contributed by atoms with Gasteiger partial charge in [0, 0.05) is 16.3 Å². The molecule has 0 atom stereocenters. The minimum atomic E-state index is 0.0762. The zero-order valence-electron chi connectivity index (χ0n) is 12.6. The van der Waals surface area contributed by atoms with Crippen LogP contribution in [0, 0.1) is 0 Å². The molecule has 4 rings (SSSR count). The highest BCUT2D eigenvalue weighted by Gasteiger charge is 2.20. The zero-order valence-corrected chi connectivity index (χ0v) is 12.6. The molecule has 0 aliphatic heterocycles. The Morgan fingerprint density at radius 3 is 2.19 bits per heavy atom. The highest BCUT2D eigenvalue weighted by Crippen LogP contribution is 2.37. The van der Waals surface area contributed by atoms with Gasteiger partial charge in [0.05, 0.1) is 0 Å². The van der Waals surface area contributed by atoms with Gasteiger partial charge in [0.1, 0.15) is 11.2 Å². The van der Waals surface area contributed by atoms with E-state index < -0.39 is 0 Å². The van der Waals surface area contributed by atoms with Gasteiger partial charge in [-0.15, -0.1) is 0 Å². The van der Waals surface area contributed by atoms with E-state index in [1.54, 1.807) is 0 Å². The van der Waals surface area contributed by atoms with E-state index in [0.717, 1.165) is 11.2 Å². The van der Waals surface area contributed by atoms with E-state index in [9.17, 15) is 0 Å². The number of hydrogen-bond donors (Lipinski definition) is 0. The van der Waals surface area contributed by atoms with Crippen LogP contribution in [0.4, 0.5) is 0 Å². The highest BCUT2D eigenvalue weighted by molar-refractivity contribution is 6.10. The molecule has 0 unspecified atom stereocenters. The molecular weight excluding hydrogens is 256 g/mol. The summed E-state index contributed by atoms with van der Waals surface area (Å²) in [5, 5.41) is 4.90. The predicted octanol–water partition coefficient (Wildman–Crippen LogP) is 6.04. The van der Waals surface area contributed by atoms with Crippen LogP contribution >= 0.6 is 0 Å². The summed E-state index contributed by atoms with van der Waals surface area (Å²) in [7, 11) is 0. The first kappa shape index (κ1) is 12.5. The van der Waals surface area contributed by atoms with E-state index in [0.29, 0.717) is 0 Å². The molecule has 0 N–H and O–H groups in total. The molecule has 0 bridgehead atoms. The lowest BCUT2D eigenvalue weighted by Gasteiger charge is -2.18. The highest BCUT2D eigenvalue weighted by atomic mass is 16.3. The van der Waals surface area contributed by atoms with Crippen molar-refractivity contribution in [2.24, 2.45) is 0 Å². The van der Waals surface area contributed by atoms with Gasteiger partial charge >= 0.3 is 0 Å². The smallest absolute Gasteiger partial charge is 0.139 e. The first-order chi connectivity index (χ1) is 10.0. The summed E-state index contributed by atoms with van der Waals surface area (Å²) in [5.74, 6) is 0. The van der Waals surface area contributed by atoms with E-state index in [1.165, 1.54) is 27.1 Å². The summed E-state index contributed by atoms with van der Waals surface area (Å²) in [5.41, 5.74) is 3.34. The summed E-state index contributed by atoms with van der Waals surface area (Å²) in [6.07, 6.45) is 0. The molecular formula is C20H18O. The molecule has 1 aromatic heterocycles. The Balaban J connectivity index is 2.18. The van der Waals surface area contributed by atoms with Gasteiger partial charge in [-0.25, -0.2) is 0 Å². The minimum Gasteiger partial charge on any atom is -0.456 e. The van der Waals surface area contributed by atoms with Crippen LogP contribution in [0.2, 0.25) is 0 Å². The van der Waals surface area contributed by atoms with E-state index in [-0.39, 0.29) is 5.41 Å². The number of hydrogen-bond acceptors (Lipinski definition) is 1. The van der Waals surface area contributed by atoms with Crippen molar-refractivity contribution >= 4 is 32.7 Å². The van der Waals surface area contributed by atoms with Gasteiger partial charge in [-0.3, -0.25) is 0 Å². The lowest BCUT2D eigenvalue weighted by molar-refractivity contribution is 0.573. The van der Waals surface area contributed by atoms with Gasteiger partial charge < -0.3 is 4.42 Å². The van der Waals surface area contributed by atoms with Crippen molar-refractivity contribution < 1.29 is 4.42 Å². The third-order valence-corrected chi connectivity index (χ3v) is 4.17. The summed E-state index contributed by atoms with van der Waals surface area (Å²) < 4.78 is 6.22. The fourth-order valence-corrected chi connectivity index (χ4v) is 3.07. The van der Waals surface area contributed by atoms with Crippen LogP contribution in [-0.2, 0) is 5.41 Å². The summed E-state index contributed by atoms with van der Waals surface area (Å²) in [6.45, 7) is 6.68. The maximum absolute atomic E-state index is 6.22. The Morgan fingerprint density at radius 2 is 1.48 bits per heavy atom. The number of para-hydroxylation sites is 1. The fourth-order valence-electron chi connectivity index (χ4n) is 3.07. The third-order valence-electron chi connectivity index (χ3n) is 4.17. The van der Waals surface area contributed by atoms with Crippen LogP contribution in [0.3, 0.4) is 0 Å². The average molecular weight is 274 g/mol. The second kappa shape index (κ2) is 4.11. The molecule has 0 aliphatic rings. The van der Waals surface area contributed by atoms with Crippen molar-refractivity contribution in [3.63, 3.8) is 0 Å². The molecule has 104 valence electrons. The normalized spacial score (nSPS) is 12.5. The molecule has 3 aromatic carbocycles. The van der Waals surface area contributed by atoms with Gasteiger partial charge in [0.15, 0.2) is 0 Å². The van der Waals surface area contributed by atoms with E-state index in [1.807, 2.05) is 0 Å². The molecule has 1 nitrogen and oxygen atoms in total. The molecule has 0 fully saturated rings. The first-order valence-corrected chi connectivity index (χ1v) is 7.38. The Bertz CT molecular complexity index is 968. The lowest BCUT2D eigenvalue weighted by Crippen LogP contribution is -2.10. The molecule has 0 aliphatic carbocycles. The molecule has 0 saturated carbocycles. The number of rotatable bonds is 0.